The third-order valence-electron chi connectivity index (χ3n) is 3.63. The zero-order valence-electron chi connectivity index (χ0n) is 14.7. The summed E-state index contributed by atoms with van der Waals surface area (Å²) in [6.45, 7) is 6.93. The number of alkyl carbamates (subject to hydrolysis) is 1. The molecule has 2 aromatic rings. The average molecular weight is 329 g/mol. The van der Waals surface area contributed by atoms with E-state index in [0.717, 1.165) is 10.8 Å². The Morgan fingerprint density at radius 1 is 1.08 bits per heavy atom. The molecule has 0 saturated heterocycles. The smallest absolute Gasteiger partial charge is 0.408 e. The third kappa shape index (κ3) is 3.67. The number of hydrogen-bond donors (Lipinski definition) is 1. The van der Waals surface area contributed by atoms with Gasteiger partial charge in [-0.2, -0.15) is 0 Å². The van der Waals surface area contributed by atoms with E-state index in [1.165, 1.54) is 7.11 Å². The summed E-state index contributed by atoms with van der Waals surface area (Å²) in [7, 11) is 1.53. The van der Waals surface area contributed by atoms with Crippen LogP contribution in [0.4, 0.5) is 4.79 Å². The molecule has 0 heterocycles. The number of benzene rings is 2. The van der Waals surface area contributed by atoms with Crippen molar-refractivity contribution in [3.8, 4) is 5.75 Å². The number of fused-ring (bicyclic) bond motifs is 1. The highest BCUT2D eigenvalue weighted by Gasteiger charge is 2.34. The van der Waals surface area contributed by atoms with Gasteiger partial charge in [-0.1, -0.05) is 30.3 Å². The number of carbonyl (C=O) groups excluding carboxylic acids is 2. The van der Waals surface area contributed by atoms with Gasteiger partial charge in [-0.05, 0) is 44.5 Å². The van der Waals surface area contributed by atoms with Gasteiger partial charge in [0.1, 0.15) is 23.2 Å². The molecule has 0 bridgehead atoms. The Balaban J connectivity index is 2.55. The quantitative estimate of drug-likeness (QED) is 0.867. The number of aldehydes is 1. The maximum absolute atomic E-state index is 12.2. The standard InChI is InChI=1S/C19H23NO4/c1-18(2,3)24-17(22)20-19(4,12-21)16-14-9-7-6-8-13(14)10-11-15(16)23-5/h6-12H,1-5H3,(H,20,22). The van der Waals surface area contributed by atoms with E-state index in [4.69, 9.17) is 9.47 Å². The van der Waals surface area contributed by atoms with E-state index in [1.807, 2.05) is 30.3 Å². The molecule has 128 valence electrons. The van der Waals surface area contributed by atoms with E-state index in [1.54, 1.807) is 33.8 Å². The van der Waals surface area contributed by atoms with Crippen LogP contribution in [0, 0.1) is 0 Å². The zero-order chi connectivity index (χ0) is 18.0. The summed E-state index contributed by atoms with van der Waals surface area (Å²) in [5, 5.41) is 4.46. The fourth-order valence-electron chi connectivity index (χ4n) is 2.62. The van der Waals surface area contributed by atoms with Crippen LogP contribution in [0.15, 0.2) is 36.4 Å². The fourth-order valence-corrected chi connectivity index (χ4v) is 2.62. The Kier molecular flexibility index (Phi) is 4.83. The van der Waals surface area contributed by atoms with E-state index in [0.29, 0.717) is 17.6 Å². The molecule has 5 heteroatoms. The Hall–Kier alpha value is -2.56. The molecule has 0 aliphatic heterocycles. The lowest BCUT2D eigenvalue weighted by Gasteiger charge is -2.30. The molecule has 0 aliphatic rings. The third-order valence-corrected chi connectivity index (χ3v) is 3.63. The van der Waals surface area contributed by atoms with Crippen molar-refractivity contribution < 1.29 is 19.1 Å². The molecule has 2 rings (SSSR count). The lowest BCUT2D eigenvalue weighted by Crippen LogP contribution is -2.47. The van der Waals surface area contributed by atoms with Crippen molar-refractivity contribution in [3.05, 3.63) is 42.0 Å². The van der Waals surface area contributed by atoms with Crippen molar-refractivity contribution in [3.63, 3.8) is 0 Å². The van der Waals surface area contributed by atoms with Gasteiger partial charge in [-0.3, -0.25) is 0 Å². The highest BCUT2D eigenvalue weighted by molar-refractivity contribution is 5.93. The molecule has 0 radical (unpaired) electrons. The van der Waals surface area contributed by atoms with E-state index in [9.17, 15) is 9.59 Å². The number of amides is 1. The van der Waals surface area contributed by atoms with Crippen LogP contribution in [0.5, 0.6) is 5.75 Å². The predicted octanol–water partition coefficient (Wildman–Crippen LogP) is 3.79. The van der Waals surface area contributed by atoms with Gasteiger partial charge in [-0.15, -0.1) is 0 Å². The number of nitrogens with one attached hydrogen (secondary N) is 1. The molecule has 1 atom stereocenters. The lowest BCUT2D eigenvalue weighted by atomic mass is 9.88. The minimum absolute atomic E-state index is 0.527. The van der Waals surface area contributed by atoms with Gasteiger partial charge in [0.25, 0.3) is 0 Å². The summed E-state index contributed by atoms with van der Waals surface area (Å²) in [5.74, 6) is 0.527. The van der Waals surface area contributed by atoms with Gasteiger partial charge in [0, 0.05) is 5.56 Å². The summed E-state index contributed by atoms with van der Waals surface area (Å²) in [6, 6.07) is 11.3. The largest absolute Gasteiger partial charge is 0.496 e. The molecule has 1 amide bonds. The van der Waals surface area contributed by atoms with Gasteiger partial charge in [0.15, 0.2) is 0 Å². The second-order valence-corrected chi connectivity index (χ2v) is 6.81. The Labute approximate surface area is 141 Å². The molecule has 5 nitrogen and oxygen atoms in total. The van der Waals surface area contributed by atoms with Crippen molar-refractivity contribution in [1.29, 1.82) is 0 Å². The topological polar surface area (TPSA) is 64.6 Å². The Bertz CT molecular complexity index is 764. The molecule has 2 aromatic carbocycles. The van der Waals surface area contributed by atoms with Gasteiger partial charge >= 0.3 is 6.09 Å². The minimum atomic E-state index is -1.28. The number of rotatable bonds is 4. The Morgan fingerprint density at radius 3 is 2.33 bits per heavy atom. The first-order valence-electron chi connectivity index (χ1n) is 7.74. The summed E-state index contributed by atoms with van der Waals surface area (Å²) in [6.07, 6.45) is 0.0355. The zero-order valence-corrected chi connectivity index (χ0v) is 14.7. The number of hydrogen-bond acceptors (Lipinski definition) is 4. The summed E-state index contributed by atoms with van der Waals surface area (Å²) in [4.78, 5) is 24.1. The van der Waals surface area contributed by atoms with Crippen LogP contribution in [0.1, 0.15) is 33.3 Å². The molecule has 1 N–H and O–H groups in total. The molecule has 0 spiro atoms. The van der Waals surface area contributed by atoms with Crippen LogP contribution in [-0.2, 0) is 15.1 Å². The number of methoxy groups -OCH3 is 1. The first-order valence-corrected chi connectivity index (χ1v) is 7.74. The number of ether oxygens (including phenoxy) is 2. The van der Waals surface area contributed by atoms with Crippen LogP contribution in [-0.4, -0.2) is 25.1 Å². The molecule has 1 unspecified atom stereocenters. The van der Waals surface area contributed by atoms with Crippen LogP contribution >= 0.6 is 0 Å². The maximum atomic E-state index is 12.2. The fraction of sp³-hybridized carbons (Fsp3) is 0.368. The van der Waals surface area contributed by atoms with Crippen LogP contribution in [0.2, 0.25) is 0 Å². The summed E-state index contributed by atoms with van der Waals surface area (Å²) >= 11 is 0. The van der Waals surface area contributed by atoms with Crippen molar-refractivity contribution in [1.82, 2.24) is 5.32 Å². The lowest BCUT2D eigenvalue weighted by molar-refractivity contribution is -0.113. The van der Waals surface area contributed by atoms with Gasteiger partial charge in [-0.25, -0.2) is 4.79 Å². The summed E-state index contributed by atoms with van der Waals surface area (Å²) in [5.41, 5.74) is -1.34. The van der Waals surface area contributed by atoms with Crippen molar-refractivity contribution in [2.24, 2.45) is 0 Å². The molecule has 0 fully saturated rings. The van der Waals surface area contributed by atoms with Crippen molar-refractivity contribution >= 4 is 23.2 Å². The average Bonchev–Trinajstić information content (AvgIpc) is 2.51. The van der Waals surface area contributed by atoms with Gasteiger partial charge in [0.05, 0.1) is 7.11 Å². The predicted molar refractivity (Wildman–Crippen MR) is 93.3 cm³/mol. The highest BCUT2D eigenvalue weighted by atomic mass is 16.6. The first-order chi connectivity index (χ1) is 11.2. The maximum Gasteiger partial charge on any atom is 0.408 e. The second-order valence-electron chi connectivity index (χ2n) is 6.81. The molecular formula is C19H23NO4. The molecule has 0 aromatic heterocycles. The van der Waals surface area contributed by atoms with Gasteiger partial charge in [0.2, 0.25) is 0 Å². The van der Waals surface area contributed by atoms with Crippen LogP contribution in [0.25, 0.3) is 10.8 Å². The van der Waals surface area contributed by atoms with E-state index < -0.39 is 17.2 Å². The monoisotopic (exact) mass is 329 g/mol. The minimum Gasteiger partial charge on any atom is -0.496 e. The van der Waals surface area contributed by atoms with Crippen molar-refractivity contribution in [2.75, 3.05) is 7.11 Å². The van der Waals surface area contributed by atoms with E-state index >= 15 is 0 Å². The molecule has 0 aliphatic carbocycles. The molecular weight excluding hydrogens is 306 g/mol. The highest BCUT2D eigenvalue weighted by Crippen LogP contribution is 2.35. The van der Waals surface area contributed by atoms with Gasteiger partial charge < -0.3 is 19.6 Å². The number of carbonyl (C=O) groups is 2. The van der Waals surface area contributed by atoms with E-state index in [2.05, 4.69) is 5.32 Å². The summed E-state index contributed by atoms with van der Waals surface area (Å²) < 4.78 is 10.7. The normalized spacial score (nSPS) is 13.9. The Morgan fingerprint density at radius 2 is 1.75 bits per heavy atom. The SMILES string of the molecule is COc1ccc2ccccc2c1C(C)(C=O)NC(=O)OC(C)(C)C. The molecule has 0 saturated carbocycles. The van der Waals surface area contributed by atoms with E-state index in [-0.39, 0.29) is 0 Å². The second kappa shape index (κ2) is 6.51. The van der Waals surface area contributed by atoms with Crippen LogP contribution < -0.4 is 10.1 Å². The first kappa shape index (κ1) is 17.8. The molecule has 24 heavy (non-hydrogen) atoms. The van der Waals surface area contributed by atoms with Crippen LogP contribution in [0.3, 0.4) is 0 Å². The van der Waals surface area contributed by atoms with Crippen molar-refractivity contribution in [2.45, 2.75) is 38.8 Å².